The van der Waals surface area contributed by atoms with E-state index in [9.17, 15) is 18.0 Å². The fourth-order valence-electron chi connectivity index (χ4n) is 2.45. The molecule has 1 aromatic heterocycles. The van der Waals surface area contributed by atoms with E-state index in [2.05, 4.69) is 9.82 Å². The standard InChI is InChI=1S/C19H17N3O4S/c1-13(23)14-5-9-17(10-6-14)27(25,26)21-16-7-3-15(4-8-16)18-11-12-19(24)22(2)20-18/h3-12,21H,1-2H3. The number of hydrogen-bond donors (Lipinski definition) is 1. The van der Waals surface area contributed by atoms with Crippen LogP contribution in [0.5, 0.6) is 0 Å². The number of carbonyl (C=O) groups excluding carboxylic acids is 1. The van der Waals surface area contributed by atoms with Crippen molar-refractivity contribution in [2.45, 2.75) is 11.8 Å². The average molecular weight is 383 g/mol. The zero-order valence-corrected chi connectivity index (χ0v) is 15.5. The predicted molar refractivity (Wildman–Crippen MR) is 102 cm³/mol. The molecule has 1 heterocycles. The van der Waals surface area contributed by atoms with Gasteiger partial charge in [0.15, 0.2) is 5.78 Å². The second-order valence-electron chi connectivity index (χ2n) is 5.94. The molecule has 0 amide bonds. The number of anilines is 1. The summed E-state index contributed by atoms with van der Waals surface area (Å²) in [7, 11) is -2.21. The van der Waals surface area contributed by atoms with Crippen molar-refractivity contribution in [1.29, 1.82) is 0 Å². The summed E-state index contributed by atoms with van der Waals surface area (Å²) in [6, 6.07) is 15.4. The highest BCUT2D eigenvalue weighted by atomic mass is 32.2. The summed E-state index contributed by atoms with van der Waals surface area (Å²) in [6.45, 7) is 1.42. The first kappa shape index (κ1) is 18.5. The van der Waals surface area contributed by atoms with Gasteiger partial charge in [-0.1, -0.05) is 24.3 Å². The Hall–Kier alpha value is -3.26. The first-order valence-electron chi connectivity index (χ1n) is 8.05. The number of nitrogens with zero attached hydrogens (tertiary/aromatic N) is 2. The first-order valence-corrected chi connectivity index (χ1v) is 9.53. The maximum atomic E-state index is 12.5. The fourth-order valence-corrected chi connectivity index (χ4v) is 3.51. The number of Topliss-reactive ketones (excluding diaryl/α,β-unsaturated/α-hetero) is 1. The zero-order chi connectivity index (χ0) is 19.6. The van der Waals surface area contributed by atoms with Gasteiger partial charge < -0.3 is 0 Å². The number of aryl methyl sites for hydroxylation is 1. The summed E-state index contributed by atoms with van der Waals surface area (Å²) < 4.78 is 28.7. The van der Waals surface area contributed by atoms with E-state index in [1.807, 2.05) is 0 Å². The van der Waals surface area contributed by atoms with Crippen molar-refractivity contribution in [2.75, 3.05) is 4.72 Å². The third kappa shape index (κ3) is 4.12. The molecule has 7 nitrogen and oxygen atoms in total. The van der Waals surface area contributed by atoms with Crippen molar-refractivity contribution in [3.05, 3.63) is 76.6 Å². The number of benzene rings is 2. The molecular formula is C19H17N3O4S. The highest BCUT2D eigenvalue weighted by Crippen LogP contribution is 2.21. The maximum absolute atomic E-state index is 12.5. The van der Waals surface area contributed by atoms with Crippen LogP contribution < -0.4 is 10.3 Å². The van der Waals surface area contributed by atoms with Crippen LogP contribution in [0.2, 0.25) is 0 Å². The Morgan fingerprint density at radius 1 is 0.963 bits per heavy atom. The lowest BCUT2D eigenvalue weighted by atomic mass is 10.1. The van der Waals surface area contributed by atoms with Crippen LogP contribution in [0.4, 0.5) is 5.69 Å². The Balaban J connectivity index is 1.81. The zero-order valence-electron chi connectivity index (χ0n) is 14.7. The summed E-state index contributed by atoms with van der Waals surface area (Å²) in [5, 5.41) is 4.16. The SMILES string of the molecule is CC(=O)c1ccc(S(=O)(=O)Nc2ccc(-c3ccc(=O)n(C)n3)cc2)cc1. The number of rotatable bonds is 5. The molecule has 0 atom stereocenters. The smallest absolute Gasteiger partial charge is 0.266 e. The predicted octanol–water partition coefficient (Wildman–Crippen LogP) is 2.45. The fraction of sp³-hybridized carbons (Fsp3) is 0.105. The molecule has 3 aromatic rings. The number of nitrogens with one attached hydrogen (secondary N) is 1. The molecule has 27 heavy (non-hydrogen) atoms. The van der Waals surface area contributed by atoms with Gasteiger partial charge in [-0.05, 0) is 37.3 Å². The van der Waals surface area contributed by atoms with Gasteiger partial charge in [-0.25, -0.2) is 13.1 Å². The molecule has 0 spiro atoms. The van der Waals surface area contributed by atoms with E-state index < -0.39 is 10.0 Å². The molecule has 0 aliphatic rings. The Kier molecular flexibility index (Phi) is 4.91. The number of carbonyl (C=O) groups is 1. The van der Waals surface area contributed by atoms with Crippen LogP contribution >= 0.6 is 0 Å². The molecule has 2 aromatic carbocycles. The van der Waals surface area contributed by atoms with Gasteiger partial charge in [-0.15, -0.1) is 0 Å². The van der Waals surface area contributed by atoms with Crippen molar-refractivity contribution < 1.29 is 13.2 Å². The molecule has 1 N–H and O–H groups in total. The van der Waals surface area contributed by atoms with Crippen LogP contribution in [0.3, 0.4) is 0 Å². The van der Waals surface area contributed by atoms with Crippen molar-refractivity contribution >= 4 is 21.5 Å². The van der Waals surface area contributed by atoms with Crippen LogP contribution in [0.1, 0.15) is 17.3 Å². The van der Waals surface area contributed by atoms with Gasteiger partial charge in [0.2, 0.25) is 0 Å². The normalized spacial score (nSPS) is 11.2. The highest BCUT2D eigenvalue weighted by Gasteiger charge is 2.14. The van der Waals surface area contributed by atoms with Gasteiger partial charge in [0.25, 0.3) is 15.6 Å². The third-order valence-corrected chi connectivity index (χ3v) is 5.36. The minimum Gasteiger partial charge on any atom is -0.295 e. The summed E-state index contributed by atoms with van der Waals surface area (Å²) in [5.41, 5.74) is 1.98. The molecule has 8 heteroatoms. The molecular weight excluding hydrogens is 366 g/mol. The molecule has 0 saturated heterocycles. The largest absolute Gasteiger partial charge is 0.295 e. The van der Waals surface area contributed by atoms with E-state index in [0.29, 0.717) is 16.9 Å². The van der Waals surface area contributed by atoms with Crippen LogP contribution in [-0.2, 0) is 17.1 Å². The molecule has 0 radical (unpaired) electrons. The highest BCUT2D eigenvalue weighted by molar-refractivity contribution is 7.92. The van der Waals surface area contributed by atoms with Crippen LogP contribution in [0.25, 0.3) is 11.3 Å². The Morgan fingerprint density at radius 3 is 2.15 bits per heavy atom. The minimum atomic E-state index is -3.77. The topological polar surface area (TPSA) is 98.1 Å². The minimum absolute atomic E-state index is 0.0660. The second-order valence-corrected chi connectivity index (χ2v) is 7.63. The monoisotopic (exact) mass is 383 g/mol. The van der Waals surface area contributed by atoms with E-state index in [4.69, 9.17) is 0 Å². The molecule has 0 aliphatic carbocycles. The Labute approximate surface area is 156 Å². The van der Waals surface area contributed by atoms with E-state index >= 15 is 0 Å². The van der Waals surface area contributed by atoms with Gasteiger partial charge in [-0.3, -0.25) is 14.3 Å². The van der Waals surface area contributed by atoms with Gasteiger partial charge >= 0.3 is 0 Å². The summed E-state index contributed by atoms with van der Waals surface area (Å²) in [6.07, 6.45) is 0. The lowest BCUT2D eigenvalue weighted by Crippen LogP contribution is -2.18. The van der Waals surface area contributed by atoms with Crippen molar-refractivity contribution in [1.82, 2.24) is 9.78 Å². The van der Waals surface area contributed by atoms with Gasteiger partial charge in [-0.2, -0.15) is 5.10 Å². The van der Waals surface area contributed by atoms with Crippen molar-refractivity contribution in [2.24, 2.45) is 7.05 Å². The quantitative estimate of drug-likeness (QED) is 0.683. The molecule has 0 saturated carbocycles. The number of hydrogen-bond acceptors (Lipinski definition) is 5. The molecule has 0 aliphatic heterocycles. The summed E-state index contributed by atoms with van der Waals surface area (Å²) in [4.78, 5) is 22.8. The van der Waals surface area contributed by atoms with Crippen LogP contribution in [0.15, 0.2) is 70.4 Å². The summed E-state index contributed by atoms with van der Waals surface area (Å²) >= 11 is 0. The lowest BCUT2D eigenvalue weighted by molar-refractivity contribution is 0.101. The van der Waals surface area contributed by atoms with Gasteiger partial charge in [0, 0.05) is 29.9 Å². The Morgan fingerprint density at radius 2 is 1.59 bits per heavy atom. The first-order chi connectivity index (χ1) is 12.8. The number of aromatic nitrogens is 2. The molecule has 0 unspecified atom stereocenters. The molecule has 138 valence electrons. The molecule has 3 rings (SSSR count). The Bertz CT molecular complexity index is 1150. The van der Waals surface area contributed by atoms with Crippen LogP contribution in [-0.4, -0.2) is 24.0 Å². The van der Waals surface area contributed by atoms with Gasteiger partial charge in [0.1, 0.15) is 0 Å². The summed E-state index contributed by atoms with van der Waals surface area (Å²) in [5.74, 6) is -0.130. The van der Waals surface area contributed by atoms with Crippen molar-refractivity contribution in [3.63, 3.8) is 0 Å². The average Bonchev–Trinajstić information content (AvgIpc) is 2.64. The second kappa shape index (κ2) is 7.16. The maximum Gasteiger partial charge on any atom is 0.266 e. The molecule has 0 bridgehead atoms. The van der Waals surface area contributed by atoms with Crippen LogP contribution in [0, 0.1) is 0 Å². The van der Waals surface area contributed by atoms with E-state index in [1.54, 1.807) is 37.4 Å². The van der Waals surface area contributed by atoms with Gasteiger partial charge in [0.05, 0.1) is 10.6 Å². The van der Waals surface area contributed by atoms with E-state index in [1.165, 1.54) is 41.9 Å². The number of ketones is 1. The third-order valence-electron chi connectivity index (χ3n) is 3.96. The lowest BCUT2D eigenvalue weighted by Gasteiger charge is -2.09. The van der Waals surface area contributed by atoms with Crippen molar-refractivity contribution in [3.8, 4) is 11.3 Å². The van der Waals surface area contributed by atoms with E-state index in [-0.39, 0.29) is 16.2 Å². The number of sulfonamides is 1. The molecule has 0 fully saturated rings. The van der Waals surface area contributed by atoms with E-state index in [0.717, 1.165) is 5.56 Å².